The van der Waals surface area contributed by atoms with Crippen LogP contribution in [-0.2, 0) is 19.1 Å². The molecule has 0 aromatic carbocycles. The molecule has 5 nitrogen and oxygen atoms in total. The predicted octanol–water partition coefficient (Wildman–Crippen LogP) is -0.605. The lowest BCUT2D eigenvalue weighted by molar-refractivity contribution is -0.130. The lowest BCUT2D eigenvalue weighted by atomic mass is 10.6. The fourth-order valence-corrected chi connectivity index (χ4v) is 0.330. The maximum atomic E-state index is 10.1. The summed E-state index contributed by atoms with van der Waals surface area (Å²) < 4.78 is 7.67. The van der Waals surface area contributed by atoms with Crippen molar-refractivity contribution < 1.29 is 23.9 Å². The number of hydrogen-bond donors (Lipinski definition) is 0. The van der Waals surface area contributed by atoms with E-state index >= 15 is 0 Å². The quantitative estimate of drug-likeness (QED) is 0.188. The Hall–Kier alpha value is -1.61. The van der Waals surface area contributed by atoms with Gasteiger partial charge in [0.05, 0.1) is 0 Å². The van der Waals surface area contributed by atoms with Crippen LogP contribution in [0.1, 0.15) is 0 Å². The van der Waals surface area contributed by atoms with Gasteiger partial charge in [-0.25, -0.2) is 14.4 Å². The van der Waals surface area contributed by atoms with Crippen molar-refractivity contribution in [2.75, 3.05) is 0 Å². The van der Waals surface area contributed by atoms with Gasteiger partial charge in [0.15, 0.2) is 5.94 Å². The summed E-state index contributed by atoms with van der Waals surface area (Å²) in [5.74, 6) is -0.717. The molecule has 1 heterocycles. The van der Waals surface area contributed by atoms with E-state index in [1.807, 2.05) is 0 Å². The van der Waals surface area contributed by atoms with Crippen LogP contribution in [0.3, 0.4) is 0 Å². The summed E-state index contributed by atoms with van der Waals surface area (Å²) in [6.45, 7) is 0. The number of rotatable bonds is 0. The first-order valence-electron chi connectivity index (χ1n) is 1.93. The number of esters is 1. The second kappa shape index (κ2) is 1.72. The van der Waals surface area contributed by atoms with E-state index in [0.717, 1.165) is 5.94 Å². The zero-order valence-electron chi connectivity index (χ0n) is 4.04. The van der Waals surface area contributed by atoms with Crippen molar-refractivity contribution in [2.24, 2.45) is 0 Å². The molecular formula is C4O5. The molecule has 0 aromatic heterocycles. The lowest BCUT2D eigenvalue weighted by Crippen LogP contribution is -1.95. The van der Waals surface area contributed by atoms with E-state index in [-0.39, 0.29) is 0 Å². The fraction of sp³-hybridized carbons (Fsp3) is 0. The van der Waals surface area contributed by atoms with Crippen LogP contribution in [-0.4, -0.2) is 18.1 Å². The maximum absolute atomic E-state index is 10.1. The van der Waals surface area contributed by atoms with Gasteiger partial charge >= 0.3 is 17.9 Å². The minimum atomic E-state index is -1.18. The average molecular weight is 128 g/mol. The summed E-state index contributed by atoms with van der Waals surface area (Å²) in [6, 6.07) is 0. The van der Waals surface area contributed by atoms with Crippen LogP contribution in [0.2, 0.25) is 0 Å². The van der Waals surface area contributed by atoms with Gasteiger partial charge in [-0.1, -0.05) is 0 Å². The first-order chi connectivity index (χ1) is 4.24. The zero-order chi connectivity index (χ0) is 6.85. The van der Waals surface area contributed by atoms with Crippen molar-refractivity contribution in [1.82, 2.24) is 0 Å². The van der Waals surface area contributed by atoms with Crippen molar-refractivity contribution in [3.63, 3.8) is 0 Å². The molecule has 0 bridgehead atoms. The van der Waals surface area contributed by atoms with Crippen LogP contribution in [0.25, 0.3) is 0 Å². The Morgan fingerprint density at radius 2 is 1.89 bits per heavy atom. The van der Waals surface area contributed by atoms with Gasteiger partial charge in [0.2, 0.25) is 0 Å². The Morgan fingerprint density at radius 3 is 2.11 bits per heavy atom. The fourth-order valence-electron chi connectivity index (χ4n) is 0.330. The topological polar surface area (TPSA) is 69.7 Å². The summed E-state index contributed by atoms with van der Waals surface area (Å²) in [7, 11) is 0. The van der Waals surface area contributed by atoms with Crippen molar-refractivity contribution >= 4 is 18.1 Å². The molecule has 0 amide bonds. The minimum absolute atomic E-state index is 0.722. The molecule has 0 atom stereocenters. The standard InChI is InChI=1S/C4O5/c5-1-2-3(6)9-4(7)8-2. The van der Waals surface area contributed by atoms with Crippen LogP contribution in [0.15, 0.2) is 5.76 Å². The van der Waals surface area contributed by atoms with Gasteiger partial charge in [-0.05, 0) is 0 Å². The van der Waals surface area contributed by atoms with Crippen molar-refractivity contribution in [1.29, 1.82) is 0 Å². The Bertz CT molecular complexity index is 221. The van der Waals surface area contributed by atoms with Crippen LogP contribution in [0.4, 0.5) is 4.79 Å². The Morgan fingerprint density at radius 1 is 1.22 bits per heavy atom. The number of hydrogen-bond acceptors (Lipinski definition) is 5. The van der Waals surface area contributed by atoms with Crippen LogP contribution < -0.4 is 0 Å². The van der Waals surface area contributed by atoms with Gasteiger partial charge < -0.3 is 9.47 Å². The average Bonchev–Trinajstić information content (AvgIpc) is 2.10. The first-order valence-corrected chi connectivity index (χ1v) is 1.93. The van der Waals surface area contributed by atoms with Crippen molar-refractivity contribution in [3.8, 4) is 0 Å². The van der Waals surface area contributed by atoms with Gasteiger partial charge in [-0.15, -0.1) is 0 Å². The molecule has 0 radical (unpaired) electrons. The highest BCUT2D eigenvalue weighted by Crippen LogP contribution is 2.07. The molecule has 1 fully saturated rings. The van der Waals surface area contributed by atoms with Crippen molar-refractivity contribution in [3.05, 3.63) is 5.76 Å². The molecule has 46 valence electrons. The molecule has 1 rings (SSSR count). The third kappa shape index (κ3) is 0.802. The van der Waals surface area contributed by atoms with E-state index in [1.54, 1.807) is 0 Å². The molecule has 0 spiro atoms. The second-order valence-corrected chi connectivity index (χ2v) is 1.17. The third-order valence-electron chi connectivity index (χ3n) is 0.640. The molecule has 9 heavy (non-hydrogen) atoms. The van der Waals surface area contributed by atoms with Gasteiger partial charge in [0.1, 0.15) is 0 Å². The van der Waals surface area contributed by atoms with E-state index in [2.05, 4.69) is 9.47 Å². The smallest absolute Gasteiger partial charge is 0.375 e. The Balaban J connectivity index is 2.94. The molecule has 1 aliphatic rings. The van der Waals surface area contributed by atoms with Gasteiger partial charge in [-0.2, -0.15) is 0 Å². The molecule has 5 heteroatoms. The summed E-state index contributed by atoms with van der Waals surface area (Å²) in [5, 5.41) is 0. The number of carbonyl (C=O) groups excluding carboxylic acids is 3. The highest BCUT2D eigenvalue weighted by Gasteiger charge is 2.30. The highest BCUT2D eigenvalue weighted by molar-refractivity contribution is 6.04. The first kappa shape index (κ1) is 5.53. The Labute approximate surface area is 48.9 Å². The van der Waals surface area contributed by atoms with E-state index in [4.69, 9.17) is 0 Å². The molecule has 1 aliphatic heterocycles. The summed E-state index contributed by atoms with van der Waals surface area (Å²) in [5.41, 5.74) is 0. The highest BCUT2D eigenvalue weighted by atomic mass is 16.8. The van der Waals surface area contributed by atoms with Crippen LogP contribution in [0, 0.1) is 0 Å². The second-order valence-electron chi connectivity index (χ2n) is 1.17. The third-order valence-corrected chi connectivity index (χ3v) is 0.640. The number of ether oxygens (including phenoxy) is 2. The van der Waals surface area contributed by atoms with E-state index in [1.165, 1.54) is 0 Å². The SMILES string of the molecule is O=C=C1OC(=O)OC1=O. The number of carbonyl (C=O) groups is 2. The molecular weight excluding hydrogens is 128 g/mol. The Kier molecular flexibility index (Phi) is 1.06. The molecule has 0 saturated carbocycles. The van der Waals surface area contributed by atoms with E-state index in [0.29, 0.717) is 0 Å². The normalized spacial score (nSPS) is 16.7. The van der Waals surface area contributed by atoms with Gasteiger partial charge in [0.25, 0.3) is 0 Å². The summed E-state index contributed by atoms with van der Waals surface area (Å²) in [6.07, 6.45) is -1.18. The monoisotopic (exact) mass is 128 g/mol. The van der Waals surface area contributed by atoms with Crippen LogP contribution >= 0.6 is 0 Å². The predicted molar refractivity (Wildman–Crippen MR) is 21.8 cm³/mol. The maximum Gasteiger partial charge on any atom is 0.523 e. The molecule has 1 saturated heterocycles. The van der Waals surface area contributed by atoms with E-state index in [9.17, 15) is 14.4 Å². The summed E-state index contributed by atoms with van der Waals surface area (Å²) in [4.78, 5) is 29.7. The molecule has 0 aliphatic carbocycles. The number of cyclic esters (lactones) is 3. The molecule has 0 N–H and O–H groups in total. The van der Waals surface area contributed by atoms with Gasteiger partial charge in [-0.3, -0.25) is 0 Å². The lowest BCUT2D eigenvalue weighted by Gasteiger charge is -1.75. The summed E-state index contributed by atoms with van der Waals surface area (Å²) >= 11 is 0. The molecule has 0 unspecified atom stereocenters. The van der Waals surface area contributed by atoms with E-state index < -0.39 is 17.9 Å². The van der Waals surface area contributed by atoms with Crippen LogP contribution in [0.5, 0.6) is 0 Å². The minimum Gasteiger partial charge on any atom is -0.375 e. The van der Waals surface area contributed by atoms with Gasteiger partial charge in [0, 0.05) is 0 Å². The molecule has 0 aromatic rings. The largest absolute Gasteiger partial charge is 0.523 e. The zero-order valence-corrected chi connectivity index (χ0v) is 4.04. The van der Waals surface area contributed by atoms with Crippen molar-refractivity contribution in [2.45, 2.75) is 0 Å².